The summed E-state index contributed by atoms with van der Waals surface area (Å²) >= 11 is 0. The second-order valence-corrected chi connectivity index (χ2v) is 6.61. The monoisotopic (exact) mass is 415 g/mol. The van der Waals surface area contributed by atoms with Crippen molar-refractivity contribution < 1.29 is 22.4 Å². The molecule has 0 fully saturated rings. The lowest BCUT2D eigenvalue weighted by molar-refractivity contribution is -0.119. The zero-order valence-corrected chi connectivity index (χ0v) is 16.0. The molecule has 1 amide bonds. The normalized spacial score (nSPS) is 11.1. The molecule has 0 aliphatic carbocycles. The molecule has 2 aromatic carbocycles. The first-order valence-electron chi connectivity index (χ1n) is 8.89. The number of fused-ring (bicyclic) bond motifs is 1. The van der Waals surface area contributed by atoms with Crippen LogP contribution >= 0.6 is 0 Å². The number of likely N-dealkylation sites (N-methyl/N-ethyl adjacent to an activating group) is 2. The van der Waals surface area contributed by atoms with Crippen LogP contribution < -0.4 is 10.2 Å². The minimum atomic E-state index is -0.795. The smallest absolute Gasteiger partial charge is 0.318 e. The van der Waals surface area contributed by atoms with Crippen molar-refractivity contribution in [1.29, 1.82) is 0 Å². The molecule has 0 saturated carbocycles. The number of H-pyrrole nitrogens is 1. The van der Waals surface area contributed by atoms with Gasteiger partial charge in [-0.1, -0.05) is 5.10 Å². The highest BCUT2D eigenvalue weighted by Gasteiger charge is 2.24. The number of benzene rings is 2. The Hall–Kier alpha value is -3.82. The van der Waals surface area contributed by atoms with Crippen LogP contribution in [0.15, 0.2) is 40.8 Å². The molecular formula is C20H16F3N5O2. The quantitative estimate of drug-likeness (QED) is 0.521. The number of rotatable bonds is 5. The summed E-state index contributed by atoms with van der Waals surface area (Å²) < 4.78 is 47.4. The van der Waals surface area contributed by atoms with Gasteiger partial charge in [-0.25, -0.2) is 13.2 Å². The standard InChI is InChI=1S/C20H16F3N5O2/c1-24-15(29)9-28(2)20-27-26-19(30-20)16-13-7-12(22)8-14(23)18(13)25-17(16)10-3-5-11(21)6-4-10/h3-8,25H,9H2,1-2H3,(H,24,29). The number of aromatic nitrogens is 3. The maximum Gasteiger partial charge on any atom is 0.318 e. The molecule has 2 N–H and O–H groups in total. The zero-order chi connectivity index (χ0) is 21.4. The minimum Gasteiger partial charge on any atom is -0.403 e. The molecule has 0 bridgehead atoms. The number of hydrogen-bond donors (Lipinski definition) is 2. The van der Waals surface area contributed by atoms with Gasteiger partial charge < -0.3 is 19.6 Å². The van der Waals surface area contributed by atoms with Gasteiger partial charge in [0.1, 0.15) is 24.0 Å². The first-order valence-corrected chi connectivity index (χ1v) is 8.89. The fourth-order valence-corrected chi connectivity index (χ4v) is 3.11. The van der Waals surface area contributed by atoms with Crippen LogP contribution in [0.2, 0.25) is 0 Å². The second-order valence-electron chi connectivity index (χ2n) is 6.61. The Bertz CT molecular complexity index is 1230. The molecule has 0 saturated heterocycles. The zero-order valence-electron chi connectivity index (χ0n) is 16.0. The minimum absolute atomic E-state index is 0.00988. The molecule has 10 heteroatoms. The van der Waals surface area contributed by atoms with Crippen molar-refractivity contribution in [3.05, 3.63) is 53.8 Å². The summed E-state index contributed by atoms with van der Waals surface area (Å²) in [5, 5.41) is 10.6. The molecule has 4 aromatic rings. The van der Waals surface area contributed by atoms with Crippen molar-refractivity contribution in [3.8, 4) is 22.7 Å². The molecule has 0 radical (unpaired) electrons. The topological polar surface area (TPSA) is 87.0 Å². The first kappa shape index (κ1) is 19.5. The number of carbonyl (C=O) groups excluding carboxylic acids is 1. The molecule has 7 nitrogen and oxygen atoms in total. The van der Waals surface area contributed by atoms with E-state index in [4.69, 9.17) is 4.42 Å². The van der Waals surface area contributed by atoms with Crippen molar-refractivity contribution in [1.82, 2.24) is 20.5 Å². The van der Waals surface area contributed by atoms with E-state index in [9.17, 15) is 18.0 Å². The molecule has 4 rings (SSSR count). The maximum absolute atomic E-state index is 14.4. The van der Waals surface area contributed by atoms with Crippen LogP contribution in [0.25, 0.3) is 33.6 Å². The van der Waals surface area contributed by atoms with E-state index in [0.717, 1.165) is 12.1 Å². The van der Waals surface area contributed by atoms with Gasteiger partial charge in [-0.2, -0.15) is 0 Å². The predicted octanol–water partition coefficient (Wildman–Crippen LogP) is 3.48. The molecule has 0 unspecified atom stereocenters. The highest BCUT2D eigenvalue weighted by Crippen LogP contribution is 2.39. The van der Waals surface area contributed by atoms with Gasteiger partial charge in [-0.3, -0.25) is 4.79 Å². The number of halogens is 3. The fraction of sp³-hybridized carbons (Fsp3) is 0.150. The summed E-state index contributed by atoms with van der Waals surface area (Å²) in [5.41, 5.74) is 1.19. The van der Waals surface area contributed by atoms with E-state index >= 15 is 0 Å². The van der Waals surface area contributed by atoms with Crippen LogP contribution in [-0.4, -0.2) is 41.7 Å². The lowest BCUT2D eigenvalue weighted by atomic mass is 10.0. The van der Waals surface area contributed by atoms with Crippen molar-refractivity contribution in [2.75, 3.05) is 25.5 Å². The van der Waals surface area contributed by atoms with Crippen LogP contribution in [0.3, 0.4) is 0 Å². The van der Waals surface area contributed by atoms with Gasteiger partial charge in [0.15, 0.2) is 0 Å². The maximum atomic E-state index is 14.4. The number of amides is 1. The van der Waals surface area contributed by atoms with Gasteiger partial charge in [0.25, 0.3) is 5.89 Å². The molecular weight excluding hydrogens is 399 g/mol. The summed E-state index contributed by atoms with van der Waals surface area (Å²) in [4.78, 5) is 15.9. The Morgan fingerprint density at radius 2 is 1.87 bits per heavy atom. The number of anilines is 1. The van der Waals surface area contributed by atoms with Crippen LogP contribution in [0.4, 0.5) is 19.2 Å². The summed E-state index contributed by atoms with van der Waals surface area (Å²) in [5.74, 6) is -2.28. The molecule has 2 aromatic heterocycles. The molecule has 0 atom stereocenters. The Morgan fingerprint density at radius 1 is 1.13 bits per heavy atom. The Labute approximate surface area is 168 Å². The average molecular weight is 415 g/mol. The van der Waals surface area contributed by atoms with Gasteiger partial charge >= 0.3 is 6.01 Å². The summed E-state index contributed by atoms with van der Waals surface area (Å²) in [7, 11) is 3.08. The predicted molar refractivity (Wildman–Crippen MR) is 104 cm³/mol. The summed E-state index contributed by atoms with van der Waals surface area (Å²) in [6.07, 6.45) is 0. The first-order chi connectivity index (χ1) is 14.4. The van der Waals surface area contributed by atoms with Gasteiger partial charge in [0.2, 0.25) is 5.91 Å². The number of carbonyl (C=O) groups is 1. The van der Waals surface area contributed by atoms with Gasteiger partial charge in [0, 0.05) is 25.5 Å². The van der Waals surface area contributed by atoms with Gasteiger partial charge in [-0.15, -0.1) is 5.10 Å². The van der Waals surface area contributed by atoms with Gasteiger partial charge in [0.05, 0.1) is 16.8 Å². The van der Waals surface area contributed by atoms with E-state index in [1.165, 1.54) is 36.2 Å². The van der Waals surface area contributed by atoms with E-state index in [1.54, 1.807) is 7.05 Å². The van der Waals surface area contributed by atoms with Crippen LogP contribution in [0.1, 0.15) is 0 Å². The number of nitrogens with one attached hydrogen (secondary N) is 2. The third-order valence-corrected chi connectivity index (χ3v) is 4.57. The Kier molecular flexibility index (Phi) is 4.90. The molecule has 0 aliphatic heterocycles. The SMILES string of the molecule is CNC(=O)CN(C)c1nnc(-c2c(-c3ccc(F)cc3)[nH]c3c(F)cc(F)cc23)o1. The number of aromatic amines is 1. The van der Waals surface area contributed by atoms with Gasteiger partial charge in [-0.05, 0) is 35.9 Å². The number of nitrogens with zero attached hydrogens (tertiary/aromatic N) is 3. The van der Waals surface area contributed by atoms with Crippen molar-refractivity contribution >= 4 is 22.8 Å². The highest BCUT2D eigenvalue weighted by molar-refractivity contribution is 6.02. The van der Waals surface area contributed by atoms with E-state index < -0.39 is 17.5 Å². The molecule has 0 aliphatic rings. The largest absolute Gasteiger partial charge is 0.403 e. The second kappa shape index (κ2) is 7.54. The molecule has 154 valence electrons. The fourth-order valence-electron chi connectivity index (χ4n) is 3.11. The van der Waals surface area contributed by atoms with Crippen molar-refractivity contribution in [2.45, 2.75) is 0 Å². The Morgan fingerprint density at radius 3 is 2.57 bits per heavy atom. The van der Waals surface area contributed by atoms with E-state index in [-0.39, 0.29) is 40.8 Å². The average Bonchev–Trinajstić information content (AvgIpc) is 3.33. The van der Waals surface area contributed by atoms with E-state index in [1.807, 2.05) is 0 Å². The van der Waals surface area contributed by atoms with E-state index in [2.05, 4.69) is 20.5 Å². The Balaban J connectivity index is 1.88. The molecule has 0 spiro atoms. The summed E-state index contributed by atoms with van der Waals surface area (Å²) in [6, 6.07) is 7.43. The molecule has 30 heavy (non-hydrogen) atoms. The van der Waals surface area contributed by atoms with Crippen LogP contribution in [-0.2, 0) is 4.79 Å². The molecule has 2 heterocycles. The van der Waals surface area contributed by atoms with Crippen molar-refractivity contribution in [2.24, 2.45) is 0 Å². The lowest BCUT2D eigenvalue weighted by Crippen LogP contribution is -2.33. The third kappa shape index (κ3) is 3.47. The highest BCUT2D eigenvalue weighted by atomic mass is 19.1. The lowest BCUT2D eigenvalue weighted by Gasteiger charge is -2.11. The third-order valence-electron chi connectivity index (χ3n) is 4.57. The van der Waals surface area contributed by atoms with Crippen LogP contribution in [0.5, 0.6) is 0 Å². The number of hydrogen-bond acceptors (Lipinski definition) is 5. The summed E-state index contributed by atoms with van der Waals surface area (Å²) in [6.45, 7) is -0.0277. The van der Waals surface area contributed by atoms with Crippen LogP contribution in [0, 0.1) is 17.5 Å². The van der Waals surface area contributed by atoms with E-state index in [0.29, 0.717) is 11.3 Å². The van der Waals surface area contributed by atoms with Crippen molar-refractivity contribution in [3.63, 3.8) is 0 Å².